The number of allylic oxidation sites excluding steroid dienone is 2. The topological polar surface area (TPSA) is 26.3 Å². The maximum atomic E-state index is 11.3. The van der Waals surface area contributed by atoms with E-state index in [1.165, 1.54) is 16.7 Å². The first-order valence-electron chi connectivity index (χ1n) is 6.94. The normalized spacial score (nSPS) is 13.7. The lowest BCUT2D eigenvalue weighted by molar-refractivity contribution is -0.143. The summed E-state index contributed by atoms with van der Waals surface area (Å²) < 4.78 is 4.94. The second-order valence-electron chi connectivity index (χ2n) is 4.85. The van der Waals surface area contributed by atoms with Crippen molar-refractivity contribution >= 4 is 34.7 Å². The van der Waals surface area contributed by atoms with Crippen molar-refractivity contribution in [3.05, 3.63) is 39.4 Å². The van der Waals surface area contributed by atoms with Gasteiger partial charge in [0.25, 0.3) is 0 Å². The van der Waals surface area contributed by atoms with E-state index in [0.717, 1.165) is 25.7 Å². The monoisotopic (exact) mass is 312 g/mol. The molecule has 0 saturated carbocycles. The molecule has 0 aromatic heterocycles. The highest BCUT2D eigenvalue weighted by Gasteiger charge is 2.15. The number of fused-ring (bicyclic) bond motifs is 1. The molecule has 0 saturated heterocycles. The summed E-state index contributed by atoms with van der Waals surface area (Å²) in [5, 5.41) is 1.20. The highest BCUT2D eigenvalue weighted by Crippen LogP contribution is 2.35. The van der Waals surface area contributed by atoms with Gasteiger partial charge in [0.1, 0.15) is 0 Å². The Morgan fingerprint density at radius 3 is 2.80 bits per heavy atom. The van der Waals surface area contributed by atoms with Gasteiger partial charge in [-0.25, -0.2) is 0 Å². The molecule has 0 aliphatic heterocycles. The molecule has 0 radical (unpaired) electrons. The number of hydrogen-bond acceptors (Lipinski definition) is 2. The molecule has 1 aliphatic rings. The first kappa shape index (κ1) is 15.4. The third-order valence-electron chi connectivity index (χ3n) is 3.43. The van der Waals surface area contributed by atoms with Crippen LogP contribution in [0.25, 0.3) is 5.57 Å². The molecule has 2 nitrogen and oxygen atoms in total. The van der Waals surface area contributed by atoms with Crippen LogP contribution in [-0.4, -0.2) is 12.6 Å². The number of hydrogen-bond donors (Lipinski definition) is 0. The summed E-state index contributed by atoms with van der Waals surface area (Å²) >= 11 is 12.2. The molecule has 0 amide bonds. The fourth-order valence-electron chi connectivity index (χ4n) is 2.50. The van der Waals surface area contributed by atoms with E-state index in [1.807, 2.05) is 19.1 Å². The van der Waals surface area contributed by atoms with E-state index in [1.54, 1.807) is 0 Å². The highest BCUT2D eigenvalue weighted by atomic mass is 35.5. The largest absolute Gasteiger partial charge is 0.466 e. The van der Waals surface area contributed by atoms with Gasteiger partial charge in [-0.3, -0.25) is 4.79 Å². The number of esters is 1. The average Bonchev–Trinajstić information content (AvgIpc) is 2.41. The number of carbonyl (C=O) groups excluding carboxylic acids is 1. The molecular weight excluding hydrogens is 295 g/mol. The molecule has 0 fully saturated rings. The van der Waals surface area contributed by atoms with Gasteiger partial charge < -0.3 is 4.74 Å². The molecule has 0 unspecified atom stereocenters. The molecule has 1 aromatic rings. The number of aryl methyl sites for hydroxylation is 1. The van der Waals surface area contributed by atoms with Crippen LogP contribution in [0, 0.1) is 0 Å². The zero-order valence-electron chi connectivity index (χ0n) is 11.5. The third kappa shape index (κ3) is 3.77. The van der Waals surface area contributed by atoms with Crippen molar-refractivity contribution < 1.29 is 9.53 Å². The maximum absolute atomic E-state index is 11.3. The van der Waals surface area contributed by atoms with E-state index in [4.69, 9.17) is 27.9 Å². The van der Waals surface area contributed by atoms with Gasteiger partial charge >= 0.3 is 5.97 Å². The summed E-state index contributed by atoms with van der Waals surface area (Å²) in [7, 11) is 0. The predicted molar refractivity (Wildman–Crippen MR) is 83.2 cm³/mol. The second-order valence-corrected chi connectivity index (χ2v) is 5.66. The van der Waals surface area contributed by atoms with Crippen LogP contribution < -0.4 is 0 Å². The molecular formula is C16H18Cl2O2. The number of benzene rings is 1. The van der Waals surface area contributed by atoms with Gasteiger partial charge in [0, 0.05) is 6.42 Å². The zero-order chi connectivity index (χ0) is 14.5. The van der Waals surface area contributed by atoms with Gasteiger partial charge in [0.2, 0.25) is 0 Å². The fourth-order valence-corrected chi connectivity index (χ4v) is 2.85. The molecule has 0 spiro atoms. The van der Waals surface area contributed by atoms with Crippen LogP contribution in [0.15, 0.2) is 18.2 Å². The Labute approximate surface area is 129 Å². The van der Waals surface area contributed by atoms with Crippen LogP contribution in [0.3, 0.4) is 0 Å². The van der Waals surface area contributed by atoms with Gasteiger partial charge in [-0.1, -0.05) is 29.3 Å². The number of ether oxygens (including phenoxy) is 1. The molecule has 0 N–H and O–H groups in total. The smallest absolute Gasteiger partial charge is 0.305 e. The van der Waals surface area contributed by atoms with Crippen molar-refractivity contribution in [1.82, 2.24) is 0 Å². The number of rotatable bonds is 5. The molecule has 0 bridgehead atoms. The minimum Gasteiger partial charge on any atom is -0.466 e. The summed E-state index contributed by atoms with van der Waals surface area (Å²) in [5.41, 5.74) is 3.68. The van der Waals surface area contributed by atoms with E-state index >= 15 is 0 Å². The standard InChI is InChI=1S/C16H18Cl2O2/c1-2-20-16(19)8-4-6-11-5-3-7-12-9-14(17)15(18)10-13(11)12/h5,9-10H,2-4,6-8H2,1H3. The van der Waals surface area contributed by atoms with Gasteiger partial charge in [0.05, 0.1) is 16.7 Å². The minimum absolute atomic E-state index is 0.127. The van der Waals surface area contributed by atoms with Crippen molar-refractivity contribution in [1.29, 1.82) is 0 Å². The van der Waals surface area contributed by atoms with Crippen molar-refractivity contribution in [2.24, 2.45) is 0 Å². The number of carbonyl (C=O) groups is 1. The summed E-state index contributed by atoms with van der Waals surface area (Å²) in [6.07, 6.45) is 6.36. The summed E-state index contributed by atoms with van der Waals surface area (Å²) in [6, 6.07) is 3.89. The van der Waals surface area contributed by atoms with Gasteiger partial charge in [-0.15, -0.1) is 0 Å². The van der Waals surface area contributed by atoms with Crippen LogP contribution in [-0.2, 0) is 16.0 Å². The summed E-state index contributed by atoms with van der Waals surface area (Å²) in [6.45, 7) is 2.27. The van der Waals surface area contributed by atoms with E-state index in [2.05, 4.69) is 6.08 Å². The molecule has 108 valence electrons. The highest BCUT2D eigenvalue weighted by molar-refractivity contribution is 6.42. The van der Waals surface area contributed by atoms with Crippen LogP contribution in [0.5, 0.6) is 0 Å². The number of halogens is 2. The minimum atomic E-state index is -0.127. The Morgan fingerprint density at radius 1 is 1.30 bits per heavy atom. The van der Waals surface area contributed by atoms with Gasteiger partial charge in [0.15, 0.2) is 0 Å². The maximum Gasteiger partial charge on any atom is 0.305 e. The molecule has 4 heteroatoms. The predicted octanol–water partition coefficient (Wildman–Crippen LogP) is 5.06. The van der Waals surface area contributed by atoms with Crippen LogP contribution >= 0.6 is 23.2 Å². The first-order chi connectivity index (χ1) is 9.61. The van der Waals surface area contributed by atoms with Gasteiger partial charge in [-0.2, -0.15) is 0 Å². The van der Waals surface area contributed by atoms with Crippen molar-refractivity contribution in [3.8, 4) is 0 Å². The lowest BCUT2D eigenvalue weighted by Crippen LogP contribution is -2.05. The Hall–Kier alpha value is -0.990. The van der Waals surface area contributed by atoms with E-state index in [9.17, 15) is 4.79 Å². The fraction of sp³-hybridized carbons (Fsp3) is 0.438. The molecule has 0 atom stereocenters. The average molecular weight is 313 g/mol. The van der Waals surface area contributed by atoms with E-state index in [0.29, 0.717) is 23.1 Å². The lowest BCUT2D eigenvalue weighted by Gasteiger charge is -2.18. The SMILES string of the molecule is CCOC(=O)CCCC1=CCCc2cc(Cl)c(Cl)cc21. The van der Waals surface area contributed by atoms with E-state index < -0.39 is 0 Å². The lowest BCUT2D eigenvalue weighted by atomic mass is 9.88. The third-order valence-corrected chi connectivity index (χ3v) is 4.15. The Balaban J connectivity index is 2.02. The van der Waals surface area contributed by atoms with E-state index in [-0.39, 0.29) is 5.97 Å². The van der Waals surface area contributed by atoms with Crippen LogP contribution in [0.2, 0.25) is 10.0 Å². The van der Waals surface area contributed by atoms with Crippen LogP contribution in [0.1, 0.15) is 43.7 Å². The van der Waals surface area contributed by atoms with Crippen molar-refractivity contribution in [2.75, 3.05) is 6.61 Å². The van der Waals surface area contributed by atoms with Gasteiger partial charge in [-0.05, 0) is 61.4 Å². The molecule has 1 aromatic carbocycles. The zero-order valence-corrected chi connectivity index (χ0v) is 13.1. The van der Waals surface area contributed by atoms with Crippen molar-refractivity contribution in [2.45, 2.75) is 39.0 Å². The Kier molecular flexibility index (Phi) is 5.50. The quantitative estimate of drug-likeness (QED) is 0.711. The first-order valence-corrected chi connectivity index (χ1v) is 7.70. The molecule has 1 aliphatic carbocycles. The molecule has 0 heterocycles. The van der Waals surface area contributed by atoms with Crippen LogP contribution in [0.4, 0.5) is 0 Å². The second kappa shape index (κ2) is 7.14. The Bertz CT molecular complexity index is 536. The molecule has 20 heavy (non-hydrogen) atoms. The molecule has 2 rings (SSSR count). The van der Waals surface area contributed by atoms with Crippen molar-refractivity contribution in [3.63, 3.8) is 0 Å². The summed E-state index contributed by atoms with van der Waals surface area (Å²) in [4.78, 5) is 11.3. The Morgan fingerprint density at radius 2 is 2.05 bits per heavy atom. The summed E-state index contributed by atoms with van der Waals surface area (Å²) in [5.74, 6) is -0.127.